The summed E-state index contributed by atoms with van der Waals surface area (Å²) in [4.78, 5) is 0. The average Bonchev–Trinajstić information content (AvgIpc) is 3.41. The number of phenols is 2. The van der Waals surface area contributed by atoms with Crippen molar-refractivity contribution in [3.05, 3.63) is 53.1 Å². The minimum atomic E-state index is -0.252. The maximum absolute atomic E-state index is 10.5. The molecule has 1 aliphatic heterocycles. The van der Waals surface area contributed by atoms with Crippen LogP contribution in [-0.4, -0.2) is 43.2 Å². The van der Waals surface area contributed by atoms with E-state index in [4.69, 9.17) is 0 Å². The van der Waals surface area contributed by atoms with Gasteiger partial charge in [0.2, 0.25) is 0 Å². The molecular formula is C27H32N4O3. The van der Waals surface area contributed by atoms with E-state index in [1.165, 1.54) is 35.5 Å². The van der Waals surface area contributed by atoms with E-state index >= 15 is 0 Å². The Labute approximate surface area is 199 Å². The third-order valence-electron chi connectivity index (χ3n) is 7.23. The zero-order valence-electron chi connectivity index (χ0n) is 19.7. The van der Waals surface area contributed by atoms with Gasteiger partial charge in [0, 0.05) is 12.0 Å². The monoisotopic (exact) mass is 460 g/mol. The predicted octanol–water partition coefficient (Wildman–Crippen LogP) is 5.06. The quantitative estimate of drug-likeness (QED) is 0.410. The predicted molar refractivity (Wildman–Crippen MR) is 132 cm³/mol. The summed E-state index contributed by atoms with van der Waals surface area (Å²) >= 11 is 0. The second-order valence-electron chi connectivity index (χ2n) is 9.79. The molecule has 0 spiro atoms. The van der Waals surface area contributed by atoms with Crippen LogP contribution in [0.25, 0.3) is 23.2 Å². The van der Waals surface area contributed by atoms with Crippen molar-refractivity contribution in [2.45, 2.75) is 51.4 Å². The van der Waals surface area contributed by atoms with Gasteiger partial charge >= 0.3 is 6.01 Å². The second kappa shape index (κ2) is 9.14. The number of rotatable bonds is 6. The van der Waals surface area contributed by atoms with E-state index in [0.29, 0.717) is 22.9 Å². The number of phenolic OH excluding ortho intramolecular Hbond substituents is 2. The normalized spacial score (nSPS) is 18.0. The second-order valence-corrected chi connectivity index (χ2v) is 9.79. The SMILES string of the molecule is CC(C)c1cc(-c2nnc(O)n2-c2ccc3c(c2)C=CC3CCC2CCNCC2)c(O)cc1O. The number of benzene rings is 2. The van der Waals surface area contributed by atoms with E-state index in [0.717, 1.165) is 36.7 Å². The Morgan fingerprint density at radius 2 is 1.79 bits per heavy atom. The van der Waals surface area contributed by atoms with E-state index in [2.05, 4.69) is 33.7 Å². The zero-order valence-corrected chi connectivity index (χ0v) is 19.7. The standard InChI is InChI=1S/C27H32N4O3/c1-16(2)22-14-23(25(33)15-24(22)32)26-29-30-27(34)31(26)20-7-8-21-18(5-6-19(21)13-20)4-3-17-9-11-28-12-10-17/h5-8,13-18,28,32-33H,3-4,9-12H2,1-2H3,(H,30,34). The fourth-order valence-corrected chi connectivity index (χ4v) is 5.27. The first kappa shape index (κ1) is 22.5. The Morgan fingerprint density at radius 1 is 1.00 bits per heavy atom. The minimum absolute atomic E-state index is 0.0322. The zero-order chi connectivity index (χ0) is 23.8. The lowest BCUT2D eigenvalue weighted by molar-refractivity contribution is 0.343. The molecule has 2 aromatic carbocycles. The highest BCUT2D eigenvalue weighted by molar-refractivity contribution is 5.71. The van der Waals surface area contributed by atoms with Gasteiger partial charge in [0.25, 0.3) is 0 Å². The van der Waals surface area contributed by atoms with Crippen molar-refractivity contribution in [1.29, 1.82) is 0 Å². The van der Waals surface area contributed by atoms with Gasteiger partial charge < -0.3 is 20.6 Å². The molecule has 1 fully saturated rings. The molecule has 0 amide bonds. The van der Waals surface area contributed by atoms with Crippen LogP contribution in [0.4, 0.5) is 0 Å². The lowest BCUT2D eigenvalue weighted by atomic mass is 9.87. The Hall–Kier alpha value is -3.32. The number of hydrogen-bond donors (Lipinski definition) is 4. The number of nitrogens with zero attached hydrogens (tertiary/aromatic N) is 3. The van der Waals surface area contributed by atoms with E-state index in [1.807, 2.05) is 26.0 Å². The molecular weight excluding hydrogens is 428 g/mol. The summed E-state index contributed by atoms with van der Waals surface area (Å²) in [5, 5.41) is 42.8. The number of fused-ring (bicyclic) bond motifs is 1. The molecule has 3 aromatic rings. The minimum Gasteiger partial charge on any atom is -0.508 e. The number of piperidine rings is 1. The Morgan fingerprint density at radius 3 is 2.56 bits per heavy atom. The largest absolute Gasteiger partial charge is 0.508 e. The number of nitrogens with one attached hydrogen (secondary N) is 1. The van der Waals surface area contributed by atoms with Crippen molar-refractivity contribution in [2.75, 3.05) is 13.1 Å². The van der Waals surface area contributed by atoms with E-state index < -0.39 is 0 Å². The number of aromatic nitrogens is 3. The van der Waals surface area contributed by atoms with Gasteiger partial charge in [0.05, 0.1) is 11.3 Å². The van der Waals surface area contributed by atoms with Crippen molar-refractivity contribution in [2.24, 2.45) is 5.92 Å². The van der Waals surface area contributed by atoms with Gasteiger partial charge in [-0.05, 0) is 85.5 Å². The molecule has 1 aromatic heterocycles. The summed E-state index contributed by atoms with van der Waals surface area (Å²) in [6.45, 7) is 6.19. The highest BCUT2D eigenvalue weighted by atomic mass is 16.3. The first-order chi connectivity index (χ1) is 16.4. The smallest absolute Gasteiger partial charge is 0.319 e. The third-order valence-corrected chi connectivity index (χ3v) is 7.23. The van der Waals surface area contributed by atoms with Crippen molar-refractivity contribution < 1.29 is 15.3 Å². The molecule has 4 N–H and O–H groups in total. The third kappa shape index (κ3) is 4.16. The molecule has 0 saturated carbocycles. The molecule has 1 aliphatic carbocycles. The van der Waals surface area contributed by atoms with Gasteiger partial charge in [0.15, 0.2) is 5.82 Å². The van der Waals surface area contributed by atoms with Gasteiger partial charge in [-0.2, -0.15) is 0 Å². The van der Waals surface area contributed by atoms with E-state index in [9.17, 15) is 15.3 Å². The lowest BCUT2D eigenvalue weighted by Gasteiger charge is -2.23. The van der Waals surface area contributed by atoms with Crippen LogP contribution in [0, 0.1) is 5.92 Å². The number of hydrogen-bond acceptors (Lipinski definition) is 6. The van der Waals surface area contributed by atoms with Crippen molar-refractivity contribution in [1.82, 2.24) is 20.1 Å². The molecule has 2 heterocycles. The van der Waals surface area contributed by atoms with Crippen molar-refractivity contribution in [3.63, 3.8) is 0 Å². The Balaban J connectivity index is 1.44. The molecule has 7 nitrogen and oxygen atoms in total. The van der Waals surface area contributed by atoms with Crippen molar-refractivity contribution >= 4 is 6.08 Å². The van der Waals surface area contributed by atoms with Crippen LogP contribution in [0.5, 0.6) is 17.5 Å². The van der Waals surface area contributed by atoms with Gasteiger partial charge in [-0.15, -0.1) is 5.10 Å². The van der Waals surface area contributed by atoms with Crippen LogP contribution in [0.3, 0.4) is 0 Å². The summed E-state index contributed by atoms with van der Waals surface area (Å²) in [5.41, 5.74) is 4.25. The molecule has 0 radical (unpaired) electrons. The van der Waals surface area contributed by atoms with Crippen LogP contribution >= 0.6 is 0 Å². The molecule has 1 saturated heterocycles. The summed E-state index contributed by atoms with van der Waals surface area (Å²) in [6.07, 6.45) is 9.36. The fourth-order valence-electron chi connectivity index (χ4n) is 5.27. The van der Waals surface area contributed by atoms with Crippen LogP contribution in [0.2, 0.25) is 0 Å². The van der Waals surface area contributed by atoms with Gasteiger partial charge in [-0.25, -0.2) is 4.57 Å². The van der Waals surface area contributed by atoms with Crippen LogP contribution < -0.4 is 5.32 Å². The highest BCUT2D eigenvalue weighted by Gasteiger charge is 2.24. The number of allylic oxidation sites excluding steroid dienone is 1. The first-order valence-electron chi connectivity index (χ1n) is 12.2. The topological polar surface area (TPSA) is 103 Å². The summed E-state index contributed by atoms with van der Waals surface area (Å²) < 4.78 is 1.53. The highest BCUT2D eigenvalue weighted by Crippen LogP contribution is 2.40. The van der Waals surface area contributed by atoms with Gasteiger partial charge in [0.1, 0.15) is 11.5 Å². The average molecular weight is 461 g/mol. The molecule has 178 valence electrons. The summed E-state index contributed by atoms with van der Waals surface area (Å²) in [7, 11) is 0. The Kier molecular flexibility index (Phi) is 6.04. The van der Waals surface area contributed by atoms with Crippen molar-refractivity contribution in [3.8, 4) is 34.6 Å². The number of aromatic hydroxyl groups is 3. The van der Waals surface area contributed by atoms with Gasteiger partial charge in [-0.1, -0.05) is 37.2 Å². The first-order valence-corrected chi connectivity index (χ1v) is 12.2. The van der Waals surface area contributed by atoms with Crippen LogP contribution in [-0.2, 0) is 0 Å². The van der Waals surface area contributed by atoms with E-state index in [-0.39, 0.29) is 23.4 Å². The molecule has 2 aliphatic rings. The summed E-state index contributed by atoms with van der Waals surface area (Å²) in [5.74, 6) is 1.52. The maximum atomic E-state index is 10.5. The van der Waals surface area contributed by atoms with Crippen LogP contribution in [0.15, 0.2) is 36.4 Å². The maximum Gasteiger partial charge on any atom is 0.319 e. The molecule has 1 atom stereocenters. The fraction of sp³-hybridized carbons (Fsp3) is 0.407. The summed E-state index contributed by atoms with van der Waals surface area (Å²) in [6, 6.07) is 8.90. The Bertz CT molecular complexity index is 1220. The molecule has 34 heavy (non-hydrogen) atoms. The van der Waals surface area contributed by atoms with Crippen LogP contribution in [0.1, 0.15) is 68.1 Å². The molecule has 5 rings (SSSR count). The van der Waals surface area contributed by atoms with E-state index in [1.54, 1.807) is 6.07 Å². The lowest BCUT2D eigenvalue weighted by Crippen LogP contribution is -2.27. The van der Waals surface area contributed by atoms with Gasteiger partial charge in [-0.3, -0.25) is 0 Å². The molecule has 1 unspecified atom stereocenters. The molecule has 0 bridgehead atoms. The molecule has 7 heteroatoms.